The molecule has 0 unspecified atom stereocenters. The summed E-state index contributed by atoms with van der Waals surface area (Å²) < 4.78 is 199. The van der Waals surface area contributed by atoms with Crippen LogP contribution in [-0.4, -0.2) is 15.5 Å². The van der Waals surface area contributed by atoms with Gasteiger partial charge in [-0.25, -0.2) is 0 Å². The Bertz CT molecular complexity index is 6190. The van der Waals surface area contributed by atoms with Crippen molar-refractivity contribution in [2.24, 2.45) is 0 Å². The van der Waals surface area contributed by atoms with Crippen LogP contribution in [0.15, 0.2) is 295 Å². The first kappa shape index (κ1) is 30.8. The summed E-state index contributed by atoms with van der Waals surface area (Å²) in [6.45, 7) is 0. The van der Waals surface area contributed by atoms with Crippen molar-refractivity contribution in [1.29, 1.82) is 0 Å². The topological polar surface area (TPSA) is 13.1 Å². The number of rotatable bonds is 5. The van der Waals surface area contributed by atoms with Gasteiger partial charge >= 0.3 is 0 Å². The molecule has 1 heterocycles. The fraction of sp³-hybridized carbons (Fsp3) is 0.0130. The van der Waals surface area contributed by atoms with Crippen molar-refractivity contribution >= 4 is 113 Å². The third kappa shape index (κ3) is 8.47. The molecule has 0 saturated heterocycles. The number of fused-ring (bicyclic) bond motifs is 10. The molecule has 0 bridgehead atoms. The van der Waals surface area contributed by atoms with Gasteiger partial charge in [-0.05, 0) is 161 Å². The fourth-order valence-corrected chi connectivity index (χ4v) is 11.0. The second kappa shape index (κ2) is 21.1. The molecule has 0 aliphatic rings. The molecule has 16 rings (SSSR count). The number of furan rings is 1. The molecular formula is C77H52B2O. The van der Waals surface area contributed by atoms with Crippen LogP contribution >= 0.6 is 0 Å². The molecular weight excluding hydrogens is 962 g/mol. The van der Waals surface area contributed by atoms with Gasteiger partial charge in [0.1, 0.15) is 11.2 Å². The summed E-state index contributed by atoms with van der Waals surface area (Å²) in [5, 5.41) is 4.91. The van der Waals surface area contributed by atoms with E-state index >= 15 is 0 Å². The summed E-state index contributed by atoms with van der Waals surface area (Å²) in [5.74, 6) is 0. The Hall–Kier alpha value is -9.95. The highest BCUT2D eigenvalue weighted by Gasteiger charge is 2.22. The predicted molar refractivity (Wildman–Crippen MR) is 348 cm³/mol. The van der Waals surface area contributed by atoms with Gasteiger partial charge in [-0.3, -0.25) is 0 Å². The SMILES string of the molecule is C.[2H]c1c([2H])c([2H])c2c([2H])c(-c3c4c([2H])c([2H])c([2H])c([2H])c4c(-c4c([2H])c([2H])c([2H])c5c([2H])c([2H])c([2H])c([2H])c45)c4c([2H])c([2H])c([2H])c([2H])c34)c([2H])c([2H])c2c1[2H].[B][B].c1ccc(-c2cccc(-c3c4ccccc4c(-c4cccc5oc6cc7ccccc7cc6c45)c4ccccc34)c2)cc1. The van der Waals surface area contributed by atoms with E-state index in [0.29, 0.717) is 0 Å². The normalized spacial score (nSPS) is 15.1. The van der Waals surface area contributed by atoms with E-state index in [2.05, 4.69) is 173 Å². The molecule has 0 aliphatic heterocycles. The lowest BCUT2D eigenvalue weighted by Gasteiger charge is -2.19. The van der Waals surface area contributed by atoms with Crippen LogP contribution in [0.2, 0.25) is 0 Å². The highest BCUT2D eigenvalue weighted by molar-refractivity contribution is 6.75. The molecule has 15 aromatic carbocycles. The lowest BCUT2D eigenvalue weighted by Crippen LogP contribution is -1.91. The van der Waals surface area contributed by atoms with Gasteiger partial charge in [0.2, 0.25) is 0 Å². The standard InChI is InChI=1S/C42H26O.C34H22.CH4.B2/c1-2-12-27(13-3-1)28-16-10-17-31(24-28)40-32-18-6-8-20-34(32)41(35-21-9-7-19-33(35)40)36-22-11-23-38-42(36)37-25-29-14-4-5-15-30(29)26-39(37)43-38;1-2-12-25-22-26(21-20-23(25)10-1)33-29-15-5-7-17-31(29)34(32-18-8-6-16-30(32)33)28-19-9-13-24-11-3-4-14-27(24)28;;1-2/h1-26H;1-22H;1H4;/i;1D,2D,3D,4D,5D,6D,7D,8D,9D,10D,11D,12D,13D,14D,15D,16D,17D,18D,19D,20D,21D,22D;;. The van der Waals surface area contributed by atoms with Crippen molar-refractivity contribution in [3.8, 4) is 55.6 Å². The molecule has 0 spiro atoms. The molecule has 0 aliphatic carbocycles. The first-order valence-electron chi connectivity index (χ1n) is 36.1. The number of hydrogen-bond acceptors (Lipinski definition) is 1. The molecule has 372 valence electrons. The maximum absolute atomic E-state index is 9.32. The van der Waals surface area contributed by atoms with Crippen LogP contribution < -0.4 is 0 Å². The van der Waals surface area contributed by atoms with Crippen molar-refractivity contribution < 1.29 is 34.6 Å². The zero-order valence-electron chi connectivity index (χ0n) is 63.6. The van der Waals surface area contributed by atoms with E-state index < -0.39 is 198 Å². The van der Waals surface area contributed by atoms with Crippen LogP contribution in [0.1, 0.15) is 37.6 Å². The van der Waals surface area contributed by atoms with E-state index in [1.165, 1.54) is 65.7 Å². The number of hydrogen-bond donors (Lipinski definition) is 0. The van der Waals surface area contributed by atoms with E-state index in [1.807, 2.05) is 0 Å². The average Bonchev–Trinajstić information content (AvgIpc) is 0.770. The van der Waals surface area contributed by atoms with Gasteiger partial charge in [0.15, 0.2) is 0 Å². The molecule has 4 radical (unpaired) electrons. The molecule has 0 fully saturated rings. The van der Waals surface area contributed by atoms with Gasteiger partial charge in [-0.15, -0.1) is 0 Å². The summed E-state index contributed by atoms with van der Waals surface area (Å²) in [4.78, 5) is 0. The van der Waals surface area contributed by atoms with E-state index in [4.69, 9.17) is 27.7 Å². The first-order valence-corrected chi connectivity index (χ1v) is 25.1. The Labute approximate surface area is 499 Å². The molecule has 1 aromatic heterocycles. The Kier molecular flexibility index (Phi) is 8.14. The van der Waals surface area contributed by atoms with Crippen LogP contribution in [0.3, 0.4) is 0 Å². The van der Waals surface area contributed by atoms with Gasteiger partial charge in [-0.1, -0.05) is 268 Å². The average molecular weight is 1040 g/mol. The van der Waals surface area contributed by atoms with Crippen LogP contribution in [0.25, 0.3) is 153 Å². The van der Waals surface area contributed by atoms with Crippen molar-refractivity contribution in [3.63, 3.8) is 0 Å². The first-order chi connectivity index (χ1) is 48.4. The van der Waals surface area contributed by atoms with Gasteiger partial charge in [-0.2, -0.15) is 0 Å². The van der Waals surface area contributed by atoms with E-state index in [-0.39, 0.29) is 7.43 Å². The van der Waals surface area contributed by atoms with Gasteiger partial charge in [0.05, 0.1) is 30.2 Å². The second-order valence-corrected chi connectivity index (χ2v) is 18.5. The maximum atomic E-state index is 9.32. The fourth-order valence-electron chi connectivity index (χ4n) is 11.0. The van der Waals surface area contributed by atoms with Gasteiger partial charge in [0, 0.05) is 26.2 Å². The summed E-state index contributed by atoms with van der Waals surface area (Å²) >= 11 is 0. The number of benzene rings is 15. The maximum Gasteiger partial charge on any atom is 0.136 e. The minimum Gasteiger partial charge on any atom is -0.456 e. The minimum atomic E-state index is -0.915. The summed E-state index contributed by atoms with van der Waals surface area (Å²) in [7, 11) is 8.00. The molecule has 80 heavy (non-hydrogen) atoms. The Morgan fingerprint density at radius 2 is 0.762 bits per heavy atom. The zero-order chi connectivity index (χ0) is 72.0. The van der Waals surface area contributed by atoms with E-state index in [1.54, 1.807) is 0 Å². The summed E-state index contributed by atoms with van der Waals surface area (Å²) in [5.41, 5.74) is 6.62. The monoisotopic (exact) mass is 1040 g/mol. The lowest BCUT2D eigenvalue weighted by atomic mass is 9.81. The Morgan fingerprint density at radius 1 is 0.275 bits per heavy atom. The molecule has 3 heteroatoms. The Balaban J connectivity index is 0.000000181. The molecule has 0 atom stereocenters. The van der Waals surface area contributed by atoms with E-state index in [9.17, 15) is 6.85 Å². The third-order valence-electron chi connectivity index (χ3n) is 14.3. The van der Waals surface area contributed by atoms with Crippen molar-refractivity contribution in [1.82, 2.24) is 0 Å². The Morgan fingerprint density at radius 3 is 1.44 bits per heavy atom. The van der Waals surface area contributed by atoms with Crippen LogP contribution in [0.5, 0.6) is 0 Å². The van der Waals surface area contributed by atoms with Gasteiger partial charge in [0.25, 0.3) is 0 Å². The minimum absolute atomic E-state index is 0. The highest BCUT2D eigenvalue weighted by Crippen LogP contribution is 2.49. The van der Waals surface area contributed by atoms with Crippen molar-refractivity contribution in [2.75, 3.05) is 0 Å². The molecule has 16 aromatic rings. The second-order valence-electron chi connectivity index (χ2n) is 18.5. The summed E-state index contributed by atoms with van der Waals surface area (Å²) in [6, 6.07) is 37.9. The smallest absolute Gasteiger partial charge is 0.136 e. The highest BCUT2D eigenvalue weighted by atomic mass is 16.3. The lowest BCUT2D eigenvalue weighted by molar-refractivity contribution is 0.669. The largest absolute Gasteiger partial charge is 0.456 e. The third-order valence-corrected chi connectivity index (χ3v) is 14.3. The molecule has 1 nitrogen and oxygen atoms in total. The summed E-state index contributed by atoms with van der Waals surface area (Å²) in [6.07, 6.45) is 0. The van der Waals surface area contributed by atoms with Crippen molar-refractivity contribution in [2.45, 2.75) is 7.43 Å². The van der Waals surface area contributed by atoms with Crippen LogP contribution in [0.4, 0.5) is 0 Å². The van der Waals surface area contributed by atoms with Gasteiger partial charge < -0.3 is 4.42 Å². The van der Waals surface area contributed by atoms with Crippen molar-refractivity contribution in [3.05, 3.63) is 291 Å². The molecule has 0 N–H and O–H groups in total. The van der Waals surface area contributed by atoms with Crippen LogP contribution in [0, 0.1) is 0 Å². The quantitative estimate of drug-likeness (QED) is 0.124. The van der Waals surface area contributed by atoms with Crippen LogP contribution in [-0.2, 0) is 0 Å². The predicted octanol–water partition coefficient (Wildman–Crippen LogP) is 21.6. The zero-order valence-corrected chi connectivity index (χ0v) is 41.6. The van der Waals surface area contributed by atoms with E-state index in [0.717, 1.165) is 21.9 Å². The molecule has 0 amide bonds. The molecule has 0 saturated carbocycles.